The Balaban J connectivity index is 1.51. The number of carbonyl (C=O) groups is 2. The van der Waals surface area contributed by atoms with Crippen molar-refractivity contribution in [1.29, 1.82) is 0 Å². The minimum atomic E-state index is -0.522. The van der Waals surface area contributed by atoms with Crippen LogP contribution in [-0.2, 0) is 27.4 Å². The highest BCUT2D eigenvalue weighted by Gasteiger charge is 2.33. The predicted molar refractivity (Wildman–Crippen MR) is 114 cm³/mol. The zero-order valence-electron chi connectivity index (χ0n) is 17.3. The third-order valence-electron chi connectivity index (χ3n) is 5.05. The summed E-state index contributed by atoms with van der Waals surface area (Å²) >= 11 is 1.61. The molecule has 1 N–H and O–H groups in total. The van der Waals surface area contributed by atoms with Gasteiger partial charge < -0.3 is 15.0 Å². The molecule has 156 valence electrons. The molecule has 0 saturated carbocycles. The largest absolute Gasteiger partial charge is 0.370 e. The molecule has 0 unspecified atom stereocenters. The van der Waals surface area contributed by atoms with Crippen molar-refractivity contribution >= 4 is 23.2 Å². The molecular formula is C22H29N3O3S. The summed E-state index contributed by atoms with van der Waals surface area (Å²) in [5.41, 5.74) is 1.87. The minimum absolute atomic E-state index is 0.00814. The smallest absolute Gasteiger partial charge is 0.245 e. The second-order valence-electron chi connectivity index (χ2n) is 7.82. The quantitative estimate of drug-likeness (QED) is 0.720. The van der Waals surface area contributed by atoms with Crippen molar-refractivity contribution < 1.29 is 14.3 Å². The summed E-state index contributed by atoms with van der Waals surface area (Å²) in [6.07, 6.45) is 1.09. The number of likely N-dealkylation sites (tertiary alicyclic amines) is 1. The Hall–Kier alpha value is -2.25. The van der Waals surface area contributed by atoms with Crippen LogP contribution in [0.5, 0.6) is 0 Å². The number of nitrogens with zero attached hydrogens (tertiary/aromatic N) is 2. The molecule has 29 heavy (non-hydrogen) atoms. The number of aromatic nitrogens is 1. The molecule has 2 atom stereocenters. The van der Waals surface area contributed by atoms with E-state index in [0.29, 0.717) is 19.7 Å². The molecule has 2 aromatic rings. The topological polar surface area (TPSA) is 71.5 Å². The molecule has 0 bridgehead atoms. The molecule has 1 saturated heterocycles. The lowest BCUT2D eigenvalue weighted by Crippen LogP contribution is -2.51. The Morgan fingerprint density at radius 2 is 2.07 bits per heavy atom. The normalized spacial score (nSPS) is 17.5. The van der Waals surface area contributed by atoms with E-state index in [1.807, 2.05) is 61.4 Å². The molecule has 1 aliphatic heterocycles. The van der Waals surface area contributed by atoms with E-state index >= 15 is 0 Å². The lowest BCUT2D eigenvalue weighted by Gasteiger charge is -2.27. The molecule has 3 rings (SSSR count). The average Bonchev–Trinajstić information content (AvgIpc) is 3.33. The third-order valence-corrected chi connectivity index (χ3v) is 5.87. The summed E-state index contributed by atoms with van der Waals surface area (Å²) in [6, 6.07) is 9.04. The Labute approximate surface area is 176 Å². The van der Waals surface area contributed by atoms with Crippen LogP contribution in [0, 0.1) is 12.8 Å². The van der Waals surface area contributed by atoms with Gasteiger partial charge in [0.15, 0.2) is 0 Å². The van der Waals surface area contributed by atoms with Gasteiger partial charge in [-0.3, -0.25) is 9.59 Å². The molecule has 0 radical (unpaired) electrons. The van der Waals surface area contributed by atoms with E-state index in [-0.39, 0.29) is 30.3 Å². The summed E-state index contributed by atoms with van der Waals surface area (Å²) in [7, 11) is 0. The zero-order valence-corrected chi connectivity index (χ0v) is 18.1. The van der Waals surface area contributed by atoms with Crippen LogP contribution in [0.1, 0.15) is 36.5 Å². The Morgan fingerprint density at radius 3 is 2.72 bits per heavy atom. The maximum absolute atomic E-state index is 13.0. The van der Waals surface area contributed by atoms with E-state index in [0.717, 1.165) is 22.7 Å². The summed E-state index contributed by atoms with van der Waals surface area (Å²) in [5, 5.41) is 5.97. The molecule has 1 fully saturated rings. The maximum Gasteiger partial charge on any atom is 0.245 e. The SMILES string of the molecule is Cc1nc(CO[C@H]2CCN(C(=O)[C@@H](NC(=O)Cc3ccccc3)C(C)C)C2)cs1. The second kappa shape index (κ2) is 9.98. The van der Waals surface area contributed by atoms with Gasteiger partial charge in [0, 0.05) is 18.5 Å². The van der Waals surface area contributed by atoms with Crippen molar-refractivity contribution in [2.75, 3.05) is 13.1 Å². The van der Waals surface area contributed by atoms with E-state index in [2.05, 4.69) is 10.3 Å². The summed E-state index contributed by atoms with van der Waals surface area (Å²) in [5.74, 6) is -0.147. The highest BCUT2D eigenvalue weighted by molar-refractivity contribution is 7.09. The lowest BCUT2D eigenvalue weighted by atomic mass is 10.0. The highest BCUT2D eigenvalue weighted by Crippen LogP contribution is 2.18. The summed E-state index contributed by atoms with van der Waals surface area (Å²) in [6.45, 7) is 7.57. The number of amides is 2. The Kier molecular flexibility index (Phi) is 7.39. The van der Waals surface area contributed by atoms with Gasteiger partial charge in [0.05, 0.1) is 29.8 Å². The van der Waals surface area contributed by atoms with Crippen LogP contribution in [0.2, 0.25) is 0 Å². The van der Waals surface area contributed by atoms with Crippen LogP contribution in [0.3, 0.4) is 0 Å². The molecule has 2 heterocycles. The fraction of sp³-hybridized carbons (Fsp3) is 0.500. The molecule has 7 heteroatoms. The second-order valence-corrected chi connectivity index (χ2v) is 8.88. The van der Waals surface area contributed by atoms with Gasteiger partial charge in [0.2, 0.25) is 11.8 Å². The van der Waals surface area contributed by atoms with Gasteiger partial charge in [0.25, 0.3) is 0 Å². The van der Waals surface area contributed by atoms with E-state index in [4.69, 9.17) is 4.74 Å². The van der Waals surface area contributed by atoms with E-state index in [9.17, 15) is 9.59 Å². The third kappa shape index (κ3) is 6.11. The molecule has 0 spiro atoms. The first-order valence-corrected chi connectivity index (χ1v) is 10.9. The number of thiazole rings is 1. The van der Waals surface area contributed by atoms with Crippen molar-refractivity contribution in [2.45, 2.75) is 52.4 Å². The number of rotatable bonds is 8. The number of hydrogen-bond acceptors (Lipinski definition) is 5. The van der Waals surface area contributed by atoms with E-state index in [1.54, 1.807) is 11.3 Å². The van der Waals surface area contributed by atoms with Crippen LogP contribution >= 0.6 is 11.3 Å². The van der Waals surface area contributed by atoms with Gasteiger partial charge in [-0.25, -0.2) is 4.98 Å². The van der Waals surface area contributed by atoms with Gasteiger partial charge in [-0.15, -0.1) is 11.3 Å². The van der Waals surface area contributed by atoms with Gasteiger partial charge in [-0.05, 0) is 24.8 Å². The summed E-state index contributed by atoms with van der Waals surface area (Å²) in [4.78, 5) is 31.7. The number of nitrogens with one attached hydrogen (secondary N) is 1. The predicted octanol–water partition coefficient (Wildman–Crippen LogP) is 2.95. The van der Waals surface area contributed by atoms with E-state index in [1.165, 1.54) is 0 Å². The van der Waals surface area contributed by atoms with Crippen molar-refractivity contribution in [3.05, 3.63) is 52.0 Å². The molecule has 1 aliphatic rings. The lowest BCUT2D eigenvalue weighted by molar-refractivity contribution is -0.137. The van der Waals surface area contributed by atoms with E-state index < -0.39 is 6.04 Å². The average molecular weight is 416 g/mol. The van der Waals surface area contributed by atoms with Crippen molar-refractivity contribution in [1.82, 2.24) is 15.2 Å². The maximum atomic E-state index is 13.0. The molecule has 1 aromatic heterocycles. The molecule has 6 nitrogen and oxygen atoms in total. The molecule has 2 amide bonds. The number of ether oxygens (including phenoxy) is 1. The van der Waals surface area contributed by atoms with Gasteiger partial charge in [-0.2, -0.15) is 0 Å². The van der Waals surface area contributed by atoms with Crippen molar-refractivity contribution in [3.8, 4) is 0 Å². The number of carbonyl (C=O) groups excluding carboxylic acids is 2. The van der Waals surface area contributed by atoms with Crippen LogP contribution in [-0.4, -0.2) is 46.9 Å². The molecular weight excluding hydrogens is 386 g/mol. The number of hydrogen-bond donors (Lipinski definition) is 1. The Bertz CT molecular complexity index is 822. The van der Waals surface area contributed by atoms with Gasteiger partial charge >= 0.3 is 0 Å². The standard InChI is InChI=1S/C22H29N3O3S/c1-15(2)21(24-20(26)11-17-7-5-4-6-8-17)22(27)25-10-9-19(12-25)28-13-18-14-29-16(3)23-18/h4-8,14-15,19,21H,9-13H2,1-3H3,(H,24,26)/t19-,21-/m0/s1. The minimum Gasteiger partial charge on any atom is -0.370 e. The van der Waals surface area contributed by atoms with Crippen LogP contribution < -0.4 is 5.32 Å². The molecule has 0 aliphatic carbocycles. The van der Waals surface area contributed by atoms with Crippen molar-refractivity contribution in [2.24, 2.45) is 5.92 Å². The summed E-state index contributed by atoms with van der Waals surface area (Å²) < 4.78 is 5.95. The first-order chi connectivity index (χ1) is 13.9. The monoisotopic (exact) mass is 415 g/mol. The highest BCUT2D eigenvalue weighted by atomic mass is 32.1. The fourth-order valence-electron chi connectivity index (χ4n) is 3.46. The van der Waals surface area contributed by atoms with Gasteiger partial charge in [0.1, 0.15) is 6.04 Å². The number of aryl methyl sites for hydroxylation is 1. The number of benzene rings is 1. The van der Waals surface area contributed by atoms with Crippen LogP contribution in [0.15, 0.2) is 35.7 Å². The fourth-order valence-corrected chi connectivity index (χ4v) is 4.06. The zero-order chi connectivity index (χ0) is 20.8. The molecule has 1 aromatic carbocycles. The van der Waals surface area contributed by atoms with Gasteiger partial charge in [-0.1, -0.05) is 44.2 Å². The van der Waals surface area contributed by atoms with Crippen molar-refractivity contribution in [3.63, 3.8) is 0 Å². The first-order valence-electron chi connectivity index (χ1n) is 10.1. The first kappa shape index (κ1) is 21.5. The van der Waals surface area contributed by atoms with Crippen LogP contribution in [0.4, 0.5) is 0 Å². The van der Waals surface area contributed by atoms with Crippen LogP contribution in [0.25, 0.3) is 0 Å². The Morgan fingerprint density at radius 1 is 1.31 bits per heavy atom.